The Morgan fingerprint density at radius 3 is 2.32 bits per heavy atom. The van der Waals surface area contributed by atoms with Gasteiger partial charge in [-0.1, -0.05) is 0 Å². The number of ether oxygens (including phenoxy) is 4. The van der Waals surface area contributed by atoms with Crippen LogP contribution in [0.25, 0.3) is 10.9 Å². The highest BCUT2D eigenvalue weighted by Crippen LogP contribution is 2.34. The molecular formula is C19H21NO7S. The molecule has 2 aromatic rings. The van der Waals surface area contributed by atoms with Crippen molar-refractivity contribution in [2.24, 2.45) is 0 Å². The molecule has 150 valence electrons. The third kappa shape index (κ3) is 4.78. The Bertz CT molecular complexity index is 880. The molecule has 4 atom stereocenters. The van der Waals surface area contributed by atoms with Gasteiger partial charge in [-0.05, 0) is 24.3 Å². The number of benzene rings is 1. The lowest BCUT2D eigenvalue weighted by atomic mass is 10.1. The van der Waals surface area contributed by atoms with Crippen LogP contribution in [0.1, 0.15) is 20.8 Å². The average molecular weight is 407 g/mol. The van der Waals surface area contributed by atoms with Gasteiger partial charge in [0, 0.05) is 43.6 Å². The third-order valence-corrected chi connectivity index (χ3v) is 5.30. The molecule has 1 N–H and O–H groups in total. The molecule has 9 heteroatoms. The number of thioether (sulfide) groups is 1. The first-order valence-corrected chi connectivity index (χ1v) is 9.75. The van der Waals surface area contributed by atoms with E-state index in [-0.39, 0.29) is 0 Å². The molecule has 8 nitrogen and oxygen atoms in total. The largest absolute Gasteiger partial charge is 0.476 e. The van der Waals surface area contributed by atoms with Crippen molar-refractivity contribution in [3.8, 4) is 5.75 Å². The first-order chi connectivity index (χ1) is 13.3. The van der Waals surface area contributed by atoms with E-state index in [9.17, 15) is 14.4 Å². The van der Waals surface area contributed by atoms with Crippen molar-refractivity contribution in [1.29, 1.82) is 0 Å². The molecule has 0 spiro atoms. The van der Waals surface area contributed by atoms with Crippen LogP contribution in [0, 0.1) is 0 Å². The summed E-state index contributed by atoms with van der Waals surface area (Å²) >= 11 is 1.32. The van der Waals surface area contributed by atoms with Crippen LogP contribution in [0.4, 0.5) is 0 Å². The highest BCUT2D eigenvalue weighted by molar-refractivity contribution is 7.99. The highest BCUT2D eigenvalue weighted by Gasteiger charge is 2.47. The number of hydrogen-bond acceptors (Lipinski definition) is 8. The molecule has 28 heavy (non-hydrogen) atoms. The minimum Gasteiger partial charge on any atom is -0.476 e. The number of nitrogens with one attached hydrogen (secondary N) is 1. The first-order valence-electron chi connectivity index (χ1n) is 8.70. The molecule has 2 heterocycles. The second kappa shape index (κ2) is 8.55. The summed E-state index contributed by atoms with van der Waals surface area (Å²) in [5, 5.41) is 0.969. The van der Waals surface area contributed by atoms with Crippen LogP contribution >= 0.6 is 11.8 Å². The van der Waals surface area contributed by atoms with E-state index in [1.165, 1.54) is 32.5 Å². The summed E-state index contributed by atoms with van der Waals surface area (Å²) in [6, 6.07) is 7.45. The Kier molecular flexibility index (Phi) is 6.13. The van der Waals surface area contributed by atoms with E-state index in [1.54, 1.807) is 6.07 Å². The van der Waals surface area contributed by atoms with E-state index in [1.807, 2.05) is 24.4 Å². The number of hydrogen-bond donors (Lipinski definition) is 1. The molecular weight excluding hydrogens is 386 g/mol. The number of rotatable bonds is 5. The first kappa shape index (κ1) is 20.1. The van der Waals surface area contributed by atoms with E-state index >= 15 is 0 Å². The predicted octanol–water partition coefficient (Wildman–Crippen LogP) is 2.41. The number of carbonyl (C=O) groups excluding carboxylic acids is 3. The maximum Gasteiger partial charge on any atom is 0.303 e. The predicted molar refractivity (Wildman–Crippen MR) is 102 cm³/mol. The van der Waals surface area contributed by atoms with E-state index in [0.717, 1.165) is 10.9 Å². The molecule has 3 rings (SSSR count). The van der Waals surface area contributed by atoms with E-state index < -0.39 is 41.7 Å². The monoisotopic (exact) mass is 407 g/mol. The molecule has 0 radical (unpaired) electrons. The van der Waals surface area contributed by atoms with Crippen LogP contribution in [0.5, 0.6) is 5.75 Å². The fourth-order valence-electron chi connectivity index (χ4n) is 3.05. The molecule has 1 aromatic carbocycles. The van der Waals surface area contributed by atoms with Crippen molar-refractivity contribution >= 4 is 40.6 Å². The van der Waals surface area contributed by atoms with Gasteiger partial charge in [0.15, 0.2) is 23.7 Å². The second-order valence-corrected chi connectivity index (χ2v) is 7.47. The quantitative estimate of drug-likeness (QED) is 0.595. The molecule has 1 fully saturated rings. The van der Waals surface area contributed by atoms with E-state index in [2.05, 4.69) is 4.98 Å². The van der Waals surface area contributed by atoms with Gasteiger partial charge in [0.05, 0.1) is 0 Å². The zero-order valence-electron chi connectivity index (χ0n) is 15.7. The summed E-state index contributed by atoms with van der Waals surface area (Å²) in [4.78, 5) is 37.8. The number of aromatic nitrogens is 1. The fraction of sp³-hybridized carbons (Fsp3) is 0.421. The van der Waals surface area contributed by atoms with Gasteiger partial charge in [-0.25, -0.2) is 0 Å². The van der Waals surface area contributed by atoms with Gasteiger partial charge in [-0.3, -0.25) is 14.4 Å². The summed E-state index contributed by atoms with van der Waals surface area (Å²) in [7, 11) is 0. The molecule has 0 aliphatic carbocycles. The number of H-pyrrole nitrogens is 1. The number of carbonyl (C=O) groups is 3. The molecule has 1 aliphatic rings. The summed E-state index contributed by atoms with van der Waals surface area (Å²) < 4.78 is 22.1. The average Bonchev–Trinajstić information content (AvgIpc) is 3.06. The number of aromatic amines is 1. The topological polar surface area (TPSA) is 104 Å². The van der Waals surface area contributed by atoms with Gasteiger partial charge in [0.2, 0.25) is 0 Å². The van der Waals surface area contributed by atoms with Gasteiger partial charge in [0.1, 0.15) is 5.75 Å². The van der Waals surface area contributed by atoms with Gasteiger partial charge < -0.3 is 23.9 Å². The molecule has 1 aromatic heterocycles. The Morgan fingerprint density at radius 2 is 1.64 bits per heavy atom. The molecule has 1 aliphatic heterocycles. The van der Waals surface area contributed by atoms with Crippen LogP contribution in [0.2, 0.25) is 0 Å². The Hall–Kier alpha value is -2.68. The summed E-state index contributed by atoms with van der Waals surface area (Å²) in [5.74, 6) is -0.734. The minimum absolute atomic E-state index is 0.326. The van der Waals surface area contributed by atoms with Crippen molar-refractivity contribution in [3.05, 3.63) is 30.5 Å². The molecule has 0 unspecified atom stereocenters. The Labute approximate surface area is 165 Å². The zero-order chi connectivity index (χ0) is 20.3. The SMILES string of the molecule is CC(=O)O[C@@H]1[C@@H](OC(C)=O)[C@H](OC(C)=O)CS[C@H]1Oc1ccc2[nH]ccc2c1. The standard InChI is InChI=1S/C19H21NO7S/c1-10(21)24-16-9-28-19(18(26-12(3)23)17(16)25-11(2)22)27-14-4-5-15-13(8-14)6-7-20-15/h4-8,16-20H,9H2,1-3H3/t16-,17+,18-,19-/m1/s1. The van der Waals surface area contributed by atoms with Crippen molar-refractivity contribution < 1.29 is 33.3 Å². The maximum absolute atomic E-state index is 11.7. The summed E-state index contributed by atoms with van der Waals surface area (Å²) in [6.07, 6.45) is -0.826. The van der Waals surface area contributed by atoms with Crippen molar-refractivity contribution in [3.63, 3.8) is 0 Å². The van der Waals surface area contributed by atoms with Crippen LogP contribution in [0.15, 0.2) is 30.5 Å². The van der Waals surface area contributed by atoms with Crippen molar-refractivity contribution in [2.45, 2.75) is 44.5 Å². The molecule has 0 saturated carbocycles. The lowest BCUT2D eigenvalue weighted by Crippen LogP contribution is -2.55. The van der Waals surface area contributed by atoms with Gasteiger partial charge in [0.25, 0.3) is 0 Å². The smallest absolute Gasteiger partial charge is 0.303 e. The maximum atomic E-state index is 11.7. The number of fused-ring (bicyclic) bond motifs is 1. The molecule has 0 amide bonds. The minimum atomic E-state index is -0.965. The number of esters is 3. The summed E-state index contributed by atoms with van der Waals surface area (Å²) in [5.41, 5.74) is 0.323. The zero-order valence-corrected chi connectivity index (χ0v) is 16.5. The van der Waals surface area contributed by atoms with Crippen molar-refractivity contribution in [1.82, 2.24) is 4.98 Å². The van der Waals surface area contributed by atoms with Crippen LogP contribution < -0.4 is 4.74 Å². The normalized spacial score (nSPS) is 24.4. The lowest BCUT2D eigenvalue weighted by molar-refractivity contribution is -0.186. The van der Waals surface area contributed by atoms with Crippen LogP contribution in [0.3, 0.4) is 0 Å². The summed E-state index contributed by atoms with van der Waals surface area (Å²) in [6.45, 7) is 3.77. The molecule has 0 bridgehead atoms. The van der Waals surface area contributed by atoms with Gasteiger partial charge in [-0.2, -0.15) is 0 Å². The van der Waals surface area contributed by atoms with Gasteiger partial charge in [-0.15, -0.1) is 11.8 Å². The van der Waals surface area contributed by atoms with Crippen LogP contribution in [-0.4, -0.2) is 52.4 Å². The van der Waals surface area contributed by atoms with Crippen LogP contribution in [-0.2, 0) is 28.6 Å². The Morgan fingerprint density at radius 1 is 0.964 bits per heavy atom. The van der Waals surface area contributed by atoms with Gasteiger partial charge >= 0.3 is 17.9 Å². The molecule has 1 saturated heterocycles. The lowest BCUT2D eigenvalue weighted by Gasteiger charge is -2.39. The van der Waals surface area contributed by atoms with E-state index in [4.69, 9.17) is 18.9 Å². The third-order valence-electron chi connectivity index (χ3n) is 4.08. The Balaban J connectivity index is 1.86. The van der Waals surface area contributed by atoms with Crippen molar-refractivity contribution in [2.75, 3.05) is 5.75 Å². The fourth-order valence-corrected chi connectivity index (χ4v) is 4.27. The second-order valence-electron chi connectivity index (χ2n) is 6.34. The highest BCUT2D eigenvalue weighted by atomic mass is 32.2. The van der Waals surface area contributed by atoms with E-state index in [0.29, 0.717) is 11.5 Å².